The van der Waals surface area contributed by atoms with Gasteiger partial charge in [0.25, 0.3) is 5.91 Å². The van der Waals surface area contributed by atoms with E-state index in [0.29, 0.717) is 19.5 Å². The quantitative estimate of drug-likeness (QED) is 0.806. The van der Waals surface area contributed by atoms with Crippen molar-refractivity contribution in [2.45, 2.75) is 12.6 Å². The van der Waals surface area contributed by atoms with Crippen molar-refractivity contribution in [2.75, 3.05) is 13.1 Å². The van der Waals surface area contributed by atoms with Crippen LogP contribution in [0.5, 0.6) is 0 Å². The summed E-state index contributed by atoms with van der Waals surface area (Å²) in [6.07, 6.45) is -2.56. The van der Waals surface area contributed by atoms with Crippen molar-refractivity contribution in [1.29, 1.82) is 0 Å². The summed E-state index contributed by atoms with van der Waals surface area (Å²) in [5, 5.41) is 9.91. The Morgan fingerprint density at radius 2 is 2.09 bits per heavy atom. The van der Waals surface area contributed by atoms with Gasteiger partial charge >= 0.3 is 6.18 Å². The molecule has 126 valence electrons. The zero-order valence-electron chi connectivity index (χ0n) is 11.9. The van der Waals surface area contributed by atoms with Crippen LogP contribution in [-0.2, 0) is 6.18 Å². The number of alkyl halides is 3. The number of carbonyl (C=O) groups is 1. The summed E-state index contributed by atoms with van der Waals surface area (Å²) < 4.78 is 39.1. The minimum Gasteiger partial charge on any atom is -0.351 e. The molecule has 0 bridgehead atoms. The minimum atomic E-state index is -4.45. The molecular weight excluding hydrogens is 335 g/mol. The highest BCUT2D eigenvalue weighted by atomic mass is 35.5. The molecule has 6 nitrogen and oxygen atoms in total. The molecule has 0 aliphatic rings. The number of nitrogens with zero attached hydrogens (tertiary/aromatic N) is 3. The first-order valence-electron chi connectivity index (χ1n) is 6.50. The number of rotatable bonds is 5. The molecule has 0 saturated carbocycles. The molecule has 0 radical (unpaired) electrons. The van der Waals surface area contributed by atoms with Gasteiger partial charge in [0, 0.05) is 6.54 Å². The van der Waals surface area contributed by atoms with Crippen LogP contribution < -0.4 is 11.1 Å². The van der Waals surface area contributed by atoms with Crippen LogP contribution in [0.1, 0.15) is 22.5 Å². The van der Waals surface area contributed by atoms with Gasteiger partial charge in [-0.05, 0) is 31.2 Å². The van der Waals surface area contributed by atoms with Gasteiger partial charge in [0.15, 0.2) is 5.69 Å². The van der Waals surface area contributed by atoms with E-state index in [1.807, 2.05) is 0 Å². The van der Waals surface area contributed by atoms with E-state index in [1.54, 1.807) is 0 Å². The van der Waals surface area contributed by atoms with Crippen molar-refractivity contribution in [1.82, 2.24) is 20.3 Å². The largest absolute Gasteiger partial charge is 0.416 e. The molecule has 10 heteroatoms. The van der Waals surface area contributed by atoms with Gasteiger partial charge in [-0.3, -0.25) is 4.79 Å². The standard InChI is InChI=1S/C13H14F3N5O.ClH/c14-13(15,16)9-3-1-4-10(7-9)21-8-11(19-20-21)12(22)18-6-2-5-17;/h1,3-4,7-8H,2,5-6,17H2,(H,18,22);1H. The van der Waals surface area contributed by atoms with Gasteiger partial charge in [-0.15, -0.1) is 17.5 Å². The lowest BCUT2D eigenvalue weighted by Gasteiger charge is -2.08. The van der Waals surface area contributed by atoms with Crippen LogP contribution in [0.4, 0.5) is 13.2 Å². The second-order valence-corrected chi connectivity index (χ2v) is 4.49. The number of hydrogen-bond donors (Lipinski definition) is 2. The summed E-state index contributed by atoms with van der Waals surface area (Å²) in [7, 11) is 0. The van der Waals surface area contributed by atoms with E-state index in [1.165, 1.54) is 18.3 Å². The number of halogens is 4. The van der Waals surface area contributed by atoms with Crippen molar-refractivity contribution < 1.29 is 18.0 Å². The van der Waals surface area contributed by atoms with Gasteiger partial charge in [0.1, 0.15) is 0 Å². The Labute approximate surface area is 136 Å². The zero-order chi connectivity index (χ0) is 16.2. The third-order valence-corrected chi connectivity index (χ3v) is 2.83. The molecule has 1 heterocycles. The average molecular weight is 350 g/mol. The number of nitrogens with one attached hydrogen (secondary N) is 1. The maximum absolute atomic E-state index is 12.7. The van der Waals surface area contributed by atoms with Gasteiger partial charge in [-0.2, -0.15) is 13.2 Å². The highest BCUT2D eigenvalue weighted by Gasteiger charge is 2.30. The lowest BCUT2D eigenvalue weighted by atomic mass is 10.2. The second-order valence-electron chi connectivity index (χ2n) is 4.49. The lowest BCUT2D eigenvalue weighted by molar-refractivity contribution is -0.137. The molecule has 2 aromatic rings. The lowest BCUT2D eigenvalue weighted by Crippen LogP contribution is -2.26. The van der Waals surface area contributed by atoms with E-state index in [4.69, 9.17) is 5.73 Å². The Bertz CT molecular complexity index is 659. The van der Waals surface area contributed by atoms with E-state index in [2.05, 4.69) is 15.6 Å². The summed E-state index contributed by atoms with van der Waals surface area (Å²) in [5.74, 6) is -0.452. The van der Waals surface area contributed by atoms with Gasteiger partial charge in [-0.1, -0.05) is 11.3 Å². The number of nitrogens with two attached hydrogens (primary N) is 1. The first kappa shape index (κ1) is 18.9. The molecule has 0 fully saturated rings. The SMILES string of the molecule is Cl.NCCCNC(=O)c1cn(-c2cccc(C(F)(F)F)c2)nn1. The third-order valence-electron chi connectivity index (χ3n) is 2.83. The number of benzene rings is 1. The summed E-state index contributed by atoms with van der Waals surface area (Å²) >= 11 is 0. The Balaban J connectivity index is 0.00000264. The summed E-state index contributed by atoms with van der Waals surface area (Å²) in [6.45, 7) is 0.836. The van der Waals surface area contributed by atoms with Gasteiger partial charge < -0.3 is 11.1 Å². The van der Waals surface area contributed by atoms with Crippen LogP contribution in [0.25, 0.3) is 5.69 Å². The minimum absolute atomic E-state index is 0. The molecule has 0 aliphatic carbocycles. The summed E-state index contributed by atoms with van der Waals surface area (Å²) in [5.41, 5.74) is 4.70. The molecule has 3 N–H and O–H groups in total. The van der Waals surface area contributed by atoms with Crippen LogP contribution in [0.2, 0.25) is 0 Å². The smallest absolute Gasteiger partial charge is 0.351 e. The van der Waals surface area contributed by atoms with Crippen LogP contribution in [0, 0.1) is 0 Å². The van der Waals surface area contributed by atoms with E-state index in [9.17, 15) is 18.0 Å². The zero-order valence-corrected chi connectivity index (χ0v) is 12.7. The molecule has 0 saturated heterocycles. The Morgan fingerprint density at radius 1 is 1.35 bits per heavy atom. The first-order valence-corrected chi connectivity index (χ1v) is 6.50. The maximum atomic E-state index is 12.7. The van der Waals surface area contributed by atoms with Gasteiger partial charge in [0.05, 0.1) is 17.4 Å². The third kappa shape index (κ3) is 4.93. The van der Waals surface area contributed by atoms with Crippen LogP contribution in [0.15, 0.2) is 30.5 Å². The molecule has 0 spiro atoms. The second kappa shape index (κ2) is 7.93. The highest BCUT2D eigenvalue weighted by Crippen LogP contribution is 2.30. The topological polar surface area (TPSA) is 85.8 Å². The molecule has 2 rings (SSSR count). The number of aromatic nitrogens is 3. The molecule has 1 amide bonds. The Morgan fingerprint density at radius 3 is 2.74 bits per heavy atom. The fourth-order valence-corrected chi connectivity index (χ4v) is 1.71. The average Bonchev–Trinajstić information content (AvgIpc) is 2.96. The fraction of sp³-hybridized carbons (Fsp3) is 0.308. The summed E-state index contributed by atoms with van der Waals surface area (Å²) in [6, 6.07) is 4.60. The number of amides is 1. The normalized spacial score (nSPS) is 11.0. The fourth-order valence-electron chi connectivity index (χ4n) is 1.71. The van der Waals surface area contributed by atoms with E-state index in [-0.39, 0.29) is 23.8 Å². The predicted molar refractivity (Wildman–Crippen MR) is 79.6 cm³/mol. The molecule has 0 unspecified atom stereocenters. The van der Waals surface area contributed by atoms with Crippen molar-refractivity contribution in [3.63, 3.8) is 0 Å². The van der Waals surface area contributed by atoms with Crippen molar-refractivity contribution in [2.24, 2.45) is 5.73 Å². The van der Waals surface area contributed by atoms with Crippen molar-refractivity contribution in [3.8, 4) is 5.69 Å². The van der Waals surface area contributed by atoms with E-state index >= 15 is 0 Å². The van der Waals surface area contributed by atoms with Crippen LogP contribution >= 0.6 is 12.4 Å². The number of carbonyl (C=O) groups excluding carboxylic acids is 1. The Kier molecular flexibility index (Phi) is 6.52. The molecule has 23 heavy (non-hydrogen) atoms. The van der Waals surface area contributed by atoms with Crippen LogP contribution in [-0.4, -0.2) is 34.0 Å². The Hall–Kier alpha value is -2.13. The van der Waals surface area contributed by atoms with Gasteiger partial charge in [0.2, 0.25) is 0 Å². The van der Waals surface area contributed by atoms with Crippen molar-refractivity contribution in [3.05, 3.63) is 41.7 Å². The van der Waals surface area contributed by atoms with E-state index < -0.39 is 17.6 Å². The van der Waals surface area contributed by atoms with Crippen molar-refractivity contribution >= 4 is 18.3 Å². The number of hydrogen-bond acceptors (Lipinski definition) is 4. The highest BCUT2D eigenvalue weighted by molar-refractivity contribution is 5.91. The molecule has 0 aliphatic heterocycles. The predicted octanol–water partition coefficient (Wildman–Crippen LogP) is 1.79. The monoisotopic (exact) mass is 349 g/mol. The molecule has 1 aromatic heterocycles. The molecular formula is C13H15ClF3N5O. The molecule has 0 atom stereocenters. The summed E-state index contributed by atoms with van der Waals surface area (Å²) in [4.78, 5) is 11.7. The van der Waals surface area contributed by atoms with E-state index in [0.717, 1.165) is 16.8 Å². The maximum Gasteiger partial charge on any atom is 0.416 e. The molecule has 1 aromatic carbocycles. The van der Waals surface area contributed by atoms with Gasteiger partial charge in [-0.25, -0.2) is 4.68 Å². The van der Waals surface area contributed by atoms with Crippen LogP contribution in [0.3, 0.4) is 0 Å². The first-order chi connectivity index (χ1) is 10.4.